The lowest BCUT2D eigenvalue weighted by Gasteiger charge is -2.32. The predicted molar refractivity (Wildman–Crippen MR) is 106 cm³/mol. The minimum Gasteiger partial charge on any atom is -0.341 e. The number of anilines is 1. The van der Waals surface area contributed by atoms with E-state index in [9.17, 15) is 0 Å². The summed E-state index contributed by atoms with van der Waals surface area (Å²) in [4.78, 5) is 14.5. The normalized spacial score (nSPS) is 18.8. The maximum Gasteiger partial charge on any atom is 0.225 e. The summed E-state index contributed by atoms with van der Waals surface area (Å²) < 4.78 is 0. The van der Waals surface area contributed by atoms with Gasteiger partial charge in [-0.2, -0.15) is 0 Å². The minimum absolute atomic E-state index is 0.837. The number of nitrogens with zero attached hydrogens (tertiary/aromatic N) is 4. The van der Waals surface area contributed by atoms with Gasteiger partial charge in [-0.05, 0) is 36.3 Å². The molecule has 1 aromatic heterocycles. The molecule has 2 aliphatic heterocycles. The topological polar surface area (TPSA) is 32.3 Å². The first-order valence-corrected chi connectivity index (χ1v) is 10.1. The summed E-state index contributed by atoms with van der Waals surface area (Å²) in [5.74, 6) is 1.78. The van der Waals surface area contributed by atoms with Crippen molar-refractivity contribution in [2.75, 3.05) is 24.5 Å². The van der Waals surface area contributed by atoms with Crippen molar-refractivity contribution in [3.63, 3.8) is 0 Å². The third-order valence-electron chi connectivity index (χ3n) is 5.90. The molecular weight excluding hydrogens is 320 g/mol. The Kier molecular flexibility index (Phi) is 5.21. The molecule has 1 fully saturated rings. The fourth-order valence-corrected chi connectivity index (χ4v) is 4.00. The quantitative estimate of drug-likeness (QED) is 0.839. The smallest absolute Gasteiger partial charge is 0.225 e. The van der Waals surface area contributed by atoms with Gasteiger partial charge in [0.1, 0.15) is 0 Å². The summed E-state index contributed by atoms with van der Waals surface area (Å²) in [7, 11) is 0. The molecule has 138 valence electrons. The Bertz CT molecular complexity index is 732. The van der Waals surface area contributed by atoms with E-state index in [1.54, 1.807) is 0 Å². The molecule has 0 spiro atoms. The first kappa shape index (κ1) is 17.5. The van der Waals surface area contributed by atoms with Gasteiger partial charge >= 0.3 is 0 Å². The molecule has 0 N–H and O–H groups in total. The van der Waals surface area contributed by atoms with E-state index < -0.39 is 0 Å². The van der Waals surface area contributed by atoms with E-state index in [4.69, 9.17) is 9.97 Å². The number of aromatic nitrogens is 2. The number of benzene rings is 1. The van der Waals surface area contributed by atoms with E-state index >= 15 is 0 Å². The zero-order valence-corrected chi connectivity index (χ0v) is 16.1. The van der Waals surface area contributed by atoms with Crippen molar-refractivity contribution < 1.29 is 0 Å². The van der Waals surface area contributed by atoms with E-state index in [-0.39, 0.29) is 0 Å². The molecule has 2 aliphatic rings. The molecule has 3 heterocycles. The lowest BCUT2D eigenvalue weighted by atomic mass is 9.99. The summed E-state index contributed by atoms with van der Waals surface area (Å²) >= 11 is 0. The van der Waals surface area contributed by atoms with Crippen molar-refractivity contribution in [1.82, 2.24) is 14.9 Å². The number of rotatable bonds is 4. The van der Waals surface area contributed by atoms with Gasteiger partial charge in [0.25, 0.3) is 0 Å². The Morgan fingerprint density at radius 2 is 1.77 bits per heavy atom. The van der Waals surface area contributed by atoms with Crippen molar-refractivity contribution in [1.29, 1.82) is 0 Å². The molecule has 0 amide bonds. The number of hydrogen-bond acceptors (Lipinski definition) is 4. The molecule has 1 saturated heterocycles. The lowest BCUT2D eigenvalue weighted by molar-refractivity contribution is 0.243. The zero-order valence-electron chi connectivity index (χ0n) is 16.1. The van der Waals surface area contributed by atoms with E-state index in [1.165, 1.54) is 35.2 Å². The summed E-state index contributed by atoms with van der Waals surface area (Å²) in [6.45, 7) is 9.79. The largest absolute Gasteiger partial charge is 0.341 e. The minimum atomic E-state index is 0.837. The highest BCUT2D eigenvalue weighted by Crippen LogP contribution is 2.24. The van der Waals surface area contributed by atoms with Crippen molar-refractivity contribution in [2.45, 2.75) is 52.6 Å². The summed E-state index contributed by atoms with van der Waals surface area (Å²) in [5, 5.41) is 0. The summed E-state index contributed by atoms with van der Waals surface area (Å²) in [6, 6.07) is 9.04. The highest BCUT2D eigenvalue weighted by atomic mass is 15.3. The Hall–Kier alpha value is -1.94. The van der Waals surface area contributed by atoms with Gasteiger partial charge in [0, 0.05) is 50.9 Å². The van der Waals surface area contributed by atoms with Crippen LogP contribution in [-0.4, -0.2) is 34.5 Å². The van der Waals surface area contributed by atoms with Gasteiger partial charge in [-0.15, -0.1) is 0 Å². The average Bonchev–Trinajstić information content (AvgIpc) is 2.69. The van der Waals surface area contributed by atoms with Crippen molar-refractivity contribution >= 4 is 5.95 Å². The van der Waals surface area contributed by atoms with Crippen LogP contribution in [0.5, 0.6) is 0 Å². The Morgan fingerprint density at radius 3 is 2.50 bits per heavy atom. The second kappa shape index (κ2) is 7.75. The number of fused-ring (bicyclic) bond motifs is 1. The van der Waals surface area contributed by atoms with Crippen LogP contribution in [0, 0.1) is 5.92 Å². The molecule has 0 unspecified atom stereocenters. The first-order valence-electron chi connectivity index (χ1n) is 10.1. The van der Waals surface area contributed by atoms with Crippen molar-refractivity contribution in [3.8, 4) is 0 Å². The summed E-state index contributed by atoms with van der Waals surface area (Å²) in [6.07, 6.45) is 6.72. The first-order chi connectivity index (χ1) is 12.7. The lowest BCUT2D eigenvalue weighted by Crippen LogP contribution is -2.35. The Morgan fingerprint density at radius 1 is 1.04 bits per heavy atom. The van der Waals surface area contributed by atoms with Crippen molar-refractivity contribution in [3.05, 3.63) is 52.8 Å². The molecule has 4 nitrogen and oxygen atoms in total. The second-order valence-corrected chi connectivity index (χ2v) is 7.94. The Labute approximate surface area is 157 Å². The van der Waals surface area contributed by atoms with Crippen LogP contribution < -0.4 is 4.90 Å². The van der Waals surface area contributed by atoms with Crippen molar-refractivity contribution in [2.24, 2.45) is 5.92 Å². The number of hydrogen-bond donors (Lipinski definition) is 0. The van der Waals surface area contributed by atoms with Crippen LogP contribution >= 0.6 is 0 Å². The Balaban J connectivity index is 1.40. The molecule has 0 radical (unpaired) electrons. The molecule has 4 heteroatoms. The average molecular weight is 351 g/mol. The standard InChI is InChI=1S/C22H30N4/c1-3-18-4-6-19(7-5-18)15-25-11-10-21-20(16-25)14-23-22(24-21)26-12-8-17(2)9-13-26/h4-7,14,17H,3,8-13,15-16H2,1-2H3. The number of aryl methyl sites for hydroxylation is 1. The third-order valence-corrected chi connectivity index (χ3v) is 5.90. The molecule has 0 saturated carbocycles. The van der Waals surface area contributed by atoms with Gasteiger partial charge in [0.15, 0.2) is 0 Å². The monoisotopic (exact) mass is 350 g/mol. The highest BCUT2D eigenvalue weighted by molar-refractivity contribution is 5.35. The second-order valence-electron chi connectivity index (χ2n) is 7.94. The van der Waals surface area contributed by atoms with Gasteiger partial charge in [0.2, 0.25) is 5.95 Å². The zero-order chi connectivity index (χ0) is 17.9. The van der Waals surface area contributed by atoms with Gasteiger partial charge in [-0.1, -0.05) is 38.1 Å². The maximum absolute atomic E-state index is 4.91. The predicted octanol–water partition coefficient (Wildman–Crippen LogP) is 3.83. The fraction of sp³-hybridized carbons (Fsp3) is 0.545. The molecule has 0 bridgehead atoms. The van der Waals surface area contributed by atoms with E-state index in [2.05, 4.69) is 54.1 Å². The van der Waals surface area contributed by atoms with Crippen LogP contribution in [0.2, 0.25) is 0 Å². The van der Waals surface area contributed by atoms with Crippen LogP contribution in [0.4, 0.5) is 5.95 Å². The maximum atomic E-state index is 4.91. The molecule has 2 aromatic rings. The third kappa shape index (κ3) is 3.90. The van der Waals surface area contributed by atoms with Crippen LogP contribution in [0.3, 0.4) is 0 Å². The van der Waals surface area contributed by atoms with Gasteiger partial charge < -0.3 is 4.90 Å². The fourth-order valence-electron chi connectivity index (χ4n) is 4.00. The SMILES string of the molecule is CCc1ccc(CN2CCc3nc(N4CCC(C)CC4)ncc3C2)cc1. The van der Waals surface area contributed by atoms with E-state index in [1.807, 2.05) is 0 Å². The molecule has 0 aliphatic carbocycles. The van der Waals surface area contributed by atoms with Crippen LogP contribution in [0.25, 0.3) is 0 Å². The van der Waals surface area contributed by atoms with E-state index in [0.29, 0.717) is 0 Å². The van der Waals surface area contributed by atoms with E-state index in [0.717, 1.165) is 57.4 Å². The van der Waals surface area contributed by atoms with Gasteiger partial charge in [-0.3, -0.25) is 4.90 Å². The molecule has 26 heavy (non-hydrogen) atoms. The highest BCUT2D eigenvalue weighted by Gasteiger charge is 2.22. The van der Waals surface area contributed by atoms with Crippen LogP contribution in [-0.2, 0) is 25.9 Å². The molecule has 1 aromatic carbocycles. The van der Waals surface area contributed by atoms with Crippen LogP contribution in [0.15, 0.2) is 30.5 Å². The molecular formula is C22H30N4. The molecule has 0 atom stereocenters. The number of piperidine rings is 1. The van der Waals surface area contributed by atoms with Gasteiger partial charge in [0.05, 0.1) is 5.69 Å². The molecule has 4 rings (SSSR count). The summed E-state index contributed by atoms with van der Waals surface area (Å²) in [5.41, 5.74) is 5.36. The van der Waals surface area contributed by atoms with Gasteiger partial charge in [-0.25, -0.2) is 9.97 Å². The van der Waals surface area contributed by atoms with Crippen LogP contribution in [0.1, 0.15) is 49.1 Å².